The smallest absolute Gasteiger partial charge is 0.305 e. The fourth-order valence-electron chi connectivity index (χ4n) is 6.14. The molecule has 1 aliphatic heterocycles. The first-order chi connectivity index (χ1) is 26.1. The number of carbonyl (C=O) groups is 2. The third kappa shape index (κ3) is 11.0. The normalized spacial score (nSPS) is 11.8. The molecule has 1 aliphatic rings. The highest BCUT2D eigenvalue weighted by Gasteiger charge is 2.17. The minimum absolute atomic E-state index is 0.135. The second-order valence-electron chi connectivity index (χ2n) is 13.4. The average Bonchev–Trinajstić information content (AvgIpc) is 3.84. The maximum atomic E-state index is 11.2. The molecule has 0 aliphatic carbocycles. The van der Waals surface area contributed by atoms with Crippen LogP contribution in [-0.4, -0.2) is 52.9 Å². The SMILES string of the molecule is COC(=O)CCCCCCc1nc(Cl)c2c(C)c(C)sc2n1.COC(=O)CCCCCCc1nc(NCc2ccc3c(c2)OCO3)c2c(C)c(C)sc2n1. The summed E-state index contributed by atoms with van der Waals surface area (Å²) in [6, 6.07) is 6.00. The van der Waals surface area contributed by atoms with Gasteiger partial charge in [-0.2, -0.15) is 0 Å². The predicted molar refractivity (Wildman–Crippen MR) is 216 cm³/mol. The molecular weight excluding hydrogens is 746 g/mol. The number of nitrogens with zero attached hydrogens (tertiary/aromatic N) is 4. The standard InChI is InChI=1S/C24H29N3O4S.C16H21ClN2O2S/c1-15-16(2)32-24-22(15)23(25-13-17-10-11-18-19(12-17)31-14-30-18)26-20(27-24)8-6-4-5-7-9-21(28)29-3;1-10-11(2)22-16-14(10)15(17)18-12(19-16)8-6-4-5-7-9-13(20)21-3/h10-12H,4-9,13-14H2,1-3H3,(H,25,26,27);4-9H2,1-3H3. The number of aromatic nitrogens is 4. The van der Waals surface area contributed by atoms with E-state index in [1.807, 2.05) is 18.2 Å². The van der Waals surface area contributed by atoms with Crippen LogP contribution in [0.25, 0.3) is 20.4 Å². The predicted octanol–water partition coefficient (Wildman–Crippen LogP) is 9.94. The van der Waals surface area contributed by atoms with Gasteiger partial charge in [-0.25, -0.2) is 19.9 Å². The van der Waals surface area contributed by atoms with E-state index in [4.69, 9.17) is 35.8 Å². The van der Waals surface area contributed by atoms with Crippen LogP contribution in [0.4, 0.5) is 5.82 Å². The summed E-state index contributed by atoms with van der Waals surface area (Å²) in [5, 5.41) is 6.19. The van der Waals surface area contributed by atoms with Gasteiger partial charge in [0.25, 0.3) is 0 Å². The molecule has 54 heavy (non-hydrogen) atoms. The van der Waals surface area contributed by atoms with E-state index in [2.05, 4.69) is 47.7 Å². The van der Waals surface area contributed by atoms with Gasteiger partial charge in [0.05, 0.1) is 25.0 Å². The van der Waals surface area contributed by atoms with E-state index in [0.717, 1.165) is 119 Å². The number of aryl methyl sites for hydroxylation is 6. The zero-order valence-electron chi connectivity index (χ0n) is 32.1. The minimum atomic E-state index is -0.139. The van der Waals surface area contributed by atoms with Crippen LogP contribution in [0.15, 0.2) is 18.2 Å². The third-order valence-corrected chi connectivity index (χ3v) is 12.0. The number of unbranched alkanes of at least 4 members (excludes halogenated alkanes) is 6. The number of ether oxygens (including phenoxy) is 4. The van der Waals surface area contributed by atoms with E-state index in [9.17, 15) is 9.59 Å². The Kier molecular flexibility index (Phi) is 15.2. The molecular formula is C40H50ClN5O6S2. The first kappa shape index (κ1) is 41.1. The van der Waals surface area contributed by atoms with E-state index in [1.165, 1.54) is 35.1 Å². The lowest BCUT2D eigenvalue weighted by Gasteiger charge is -2.10. The first-order valence-electron chi connectivity index (χ1n) is 18.5. The molecule has 0 saturated heterocycles. The number of halogens is 1. The molecule has 4 aromatic heterocycles. The highest BCUT2D eigenvalue weighted by atomic mass is 35.5. The van der Waals surface area contributed by atoms with Crippen LogP contribution in [0.3, 0.4) is 0 Å². The lowest BCUT2D eigenvalue weighted by molar-refractivity contribution is -0.141. The lowest BCUT2D eigenvalue weighted by atomic mass is 10.1. The van der Waals surface area contributed by atoms with Gasteiger partial charge in [-0.15, -0.1) is 22.7 Å². The summed E-state index contributed by atoms with van der Waals surface area (Å²) in [6.07, 6.45) is 10.5. The zero-order chi connectivity index (χ0) is 38.6. The van der Waals surface area contributed by atoms with Crippen molar-refractivity contribution in [2.24, 2.45) is 0 Å². The van der Waals surface area contributed by atoms with Crippen LogP contribution in [0.2, 0.25) is 5.15 Å². The Morgan fingerprint density at radius 1 is 0.722 bits per heavy atom. The van der Waals surface area contributed by atoms with Crippen molar-refractivity contribution in [2.45, 2.75) is 111 Å². The summed E-state index contributed by atoms with van der Waals surface area (Å²) < 4.78 is 20.2. The average molecular weight is 796 g/mol. The van der Waals surface area contributed by atoms with Gasteiger partial charge in [-0.3, -0.25) is 9.59 Å². The molecule has 0 radical (unpaired) electrons. The Bertz CT molecular complexity index is 2070. The summed E-state index contributed by atoms with van der Waals surface area (Å²) in [4.78, 5) is 45.5. The molecule has 1 aromatic carbocycles. The molecule has 0 amide bonds. The molecule has 0 bridgehead atoms. The number of thiophene rings is 2. The minimum Gasteiger partial charge on any atom is -0.469 e. The first-order valence-corrected chi connectivity index (χ1v) is 20.5. The molecule has 0 spiro atoms. The Balaban J connectivity index is 0.000000223. The fraction of sp³-hybridized carbons (Fsp3) is 0.500. The van der Waals surface area contributed by atoms with Gasteiger partial charge in [0, 0.05) is 42.0 Å². The number of esters is 2. The van der Waals surface area contributed by atoms with Crippen LogP contribution in [0.1, 0.15) is 102 Å². The Labute approximate surface area is 330 Å². The Morgan fingerprint density at radius 3 is 1.87 bits per heavy atom. The second kappa shape index (κ2) is 20.0. The van der Waals surface area contributed by atoms with Gasteiger partial charge >= 0.3 is 11.9 Å². The van der Waals surface area contributed by atoms with Crippen molar-refractivity contribution in [3.8, 4) is 11.5 Å². The van der Waals surface area contributed by atoms with E-state index in [-0.39, 0.29) is 18.7 Å². The van der Waals surface area contributed by atoms with E-state index in [0.29, 0.717) is 24.5 Å². The van der Waals surface area contributed by atoms with Crippen LogP contribution in [0.5, 0.6) is 11.5 Å². The summed E-state index contributed by atoms with van der Waals surface area (Å²) in [5.41, 5.74) is 3.52. The third-order valence-electron chi connectivity index (χ3n) is 9.52. The van der Waals surface area contributed by atoms with Crippen LogP contribution in [0, 0.1) is 27.7 Å². The van der Waals surface area contributed by atoms with Crippen LogP contribution < -0.4 is 14.8 Å². The van der Waals surface area contributed by atoms with Gasteiger partial charge in [-0.1, -0.05) is 43.4 Å². The van der Waals surface area contributed by atoms with Gasteiger partial charge in [-0.05, 0) is 82.2 Å². The van der Waals surface area contributed by atoms with Crippen LogP contribution in [-0.2, 0) is 38.4 Å². The summed E-state index contributed by atoms with van der Waals surface area (Å²) in [6.45, 7) is 9.32. The number of rotatable bonds is 17. The fourth-order valence-corrected chi connectivity index (χ4v) is 8.62. The second-order valence-corrected chi connectivity index (χ2v) is 16.1. The quantitative estimate of drug-likeness (QED) is 0.0547. The maximum Gasteiger partial charge on any atom is 0.305 e. The van der Waals surface area contributed by atoms with Crippen molar-refractivity contribution in [1.29, 1.82) is 0 Å². The molecule has 0 atom stereocenters. The molecule has 14 heteroatoms. The number of hydrogen-bond donors (Lipinski definition) is 1. The number of benzene rings is 1. The summed E-state index contributed by atoms with van der Waals surface area (Å²) in [5.74, 6) is 3.86. The van der Waals surface area contributed by atoms with Crippen LogP contribution >= 0.6 is 34.3 Å². The van der Waals surface area contributed by atoms with E-state index >= 15 is 0 Å². The summed E-state index contributed by atoms with van der Waals surface area (Å²) in [7, 11) is 2.86. The molecule has 1 N–H and O–H groups in total. The molecule has 0 saturated carbocycles. The van der Waals surface area contributed by atoms with Crippen molar-refractivity contribution in [3.05, 3.63) is 61.4 Å². The molecule has 0 fully saturated rings. The number of carbonyl (C=O) groups excluding carboxylic acids is 2. The largest absolute Gasteiger partial charge is 0.469 e. The highest BCUT2D eigenvalue weighted by molar-refractivity contribution is 7.19. The van der Waals surface area contributed by atoms with E-state index in [1.54, 1.807) is 22.7 Å². The number of anilines is 1. The van der Waals surface area contributed by atoms with Crippen molar-refractivity contribution in [3.63, 3.8) is 0 Å². The molecule has 0 unspecified atom stereocenters. The van der Waals surface area contributed by atoms with Gasteiger partial charge < -0.3 is 24.3 Å². The van der Waals surface area contributed by atoms with Crippen molar-refractivity contribution in [1.82, 2.24) is 19.9 Å². The highest BCUT2D eigenvalue weighted by Crippen LogP contribution is 2.36. The van der Waals surface area contributed by atoms with Gasteiger partial charge in [0.15, 0.2) is 11.5 Å². The molecule has 5 heterocycles. The zero-order valence-corrected chi connectivity index (χ0v) is 34.5. The number of nitrogens with one attached hydrogen (secondary N) is 1. The van der Waals surface area contributed by atoms with Crippen molar-refractivity contribution < 1.29 is 28.5 Å². The Hall–Kier alpha value is -4.07. The molecule has 290 valence electrons. The monoisotopic (exact) mass is 795 g/mol. The van der Waals surface area contributed by atoms with Crippen molar-refractivity contribution >= 4 is 72.5 Å². The topological polar surface area (TPSA) is 135 Å². The lowest BCUT2D eigenvalue weighted by Crippen LogP contribution is -2.06. The maximum absolute atomic E-state index is 11.2. The molecule has 5 aromatic rings. The summed E-state index contributed by atoms with van der Waals surface area (Å²) >= 11 is 9.69. The number of fused-ring (bicyclic) bond motifs is 3. The Morgan fingerprint density at radius 2 is 1.26 bits per heavy atom. The number of methoxy groups -OCH3 is 2. The molecule has 6 rings (SSSR count). The van der Waals surface area contributed by atoms with Gasteiger partial charge in [0.2, 0.25) is 6.79 Å². The van der Waals surface area contributed by atoms with E-state index < -0.39 is 0 Å². The van der Waals surface area contributed by atoms with Gasteiger partial charge in [0.1, 0.15) is 32.3 Å². The van der Waals surface area contributed by atoms with Crippen molar-refractivity contribution in [2.75, 3.05) is 26.3 Å². The number of hydrogen-bond acceptors (Lipinski definition) is 13. The molecule has 11 nitrogen and oxygen atoms in total.